The third-order valence-electron chi connectivity index (χ3n) is 12.7. The number of nitrogens with zero attached hydrogens (tertiary/aromatic N) is 4. The highest BCUT2D eigenvalue weighted by molar-refractivity contribution is 6.20. The molecule has 0 aliphatic heterocycles. The fourth-order valence-corrected chi connectivity index (χ4v) is 9.84. The highest BCUT2D eigenvalue weighted by atomic mass is 16.3. The van der Waals surface area contributed by atoms with Crippen LogP contribution in [0.2, 0.25) is 0 Å². The first-order valence-corrected chi connectivity index (χ1v) is 21.0. The first-order chi connectivity index (χ1) is 30.7. The number of rotatable bonds is 4. The second-order valence-corrected chi connectivity index (χ2v) is 16.2. The number of furan rings is 3. The number of para-hydroxylation sites is 3. The molecule has 0 spiro atoms. The summed E-state index contributed by atoms with van der Waals surface area (Å²) in [6.45, 7) is 0. The number of benzene rings is 8. The van der Waals surface area contributed by atoms with Crippen molar-refractivity contribution in [2.24, 2.45) is 0 Å². The van der Waals surface area contributed by atoms with Crippen LogP contribution < -0.4 is 10.6 Å². The summed E-state index contributed by atoms with van der Waals surface area (Å²) in [7, 11) is 0. The minimum atomic E-state index is 0.502. The van der Waals surface area contributed by atoms with E-state index in [0.717, 1.165) is 133 Å². The summed E-state index contributed by atoms with van der Waals surface area (Å²) < 4.78 is 21.5. The van der Waals surface area contributed by atoms with Gasteiger partial charge in [-0.05, 0) is 89.9 Å². The fourth-order valence-electron chi connectivity index (χ4n) is 9.84. The highest BCUT2D eigenvalue weighted by Crippen LogP contribution is 2.44. The highest BCUT2D eigenvalue weighted by Gasteiger charge is 2.24. The molecular formula is C55H32N4O3. The molecule has 14 rings (SSSR count). The molecule has 290 valence electrons. The molecule has 7 heteroatoms. The predicted molar refractivity (Wildman–Crippen MR) is 250 cm³/mol. The molecule has 0 radical (unpaired) electrons. The maximum atomic E-state index is 6.44. The zero-order valence-electron chi connectivity index (χ0n) is 33.1. The van der Waals surface area contributed by atoms with Gasteiger partial charge in [-0.15, -0.1) is 0 Å². The van der Waals surface area contributed by atoms with Crippen molar-refractivity contribution < 1.29 is 13.3 Å². The van der Waals surface area contributed by atoms with E-state index in [-0.39, 0.29) is 0 Å². The van der Waals surface area contributed by atoms with Gasteiger partial charge in [0.1, 0.15) is 33.3 Å². The van der Waals surface area contributed by atoms with Crippen molar-refractivity contribution in [2.75, 3.05) is 0 Å². The van der Waals surface area contributed by atoms with Crippen LogP contribution in [0.4, 0.5) is 0 Å². The normalized spacial score (nSPS) is 13.0. The second kappa shape index (κ2) is 12.6. The molecule has 1 aliphatic rings. The van der Waals surface area contributed by atoms with Crippen molar-refractivity contribution >= 4 is 99.6 Å². The SMILES string of the molecule is C1=c2oc3cc(-c4nc(-c5ccc6c(c5)oc5ccccc56)nc(-n5c6cc7ccccc7cc6c6cccc(-c7cccc8oc9ccccc9c78)c65)n4)ccc3c2=CCC1. The molecule has 0 bridgehead atoms. The van der Waals surface area contributed by atoms with Crippen molar-refractivity contribution in [3.8, 4) is 39.9 Å². The maximum Gasteiger partial charge on any atom is 0.238 e. The van der Waals surface area contributed by atoms with Gasteiger partial charge in [0, 0.05) is 59.6 Å². The monoisotopic (exact) mass is 796 g/mol. The van der Waals surface area contributed by atoms with Crippen molar-refractivity contribution in [3.05, 3.63) is 168 Å². The fraction of sp³-hybridized carbons (Fsp3) is 0.0364. The average molecular weight is 797 g/mol. The lowest BCUT2D eigenvalue weighted by atomic mass is 9.97. The van der Waals surface area contributed by atoms with E-state index in [1.807, 2.05) is 42.5 Å². The summed E-state index contributed by atoms with van der Waals surface area (Å²) in [5.74, 6) is 1.57. The molecule has 5 aromatic heterocycles. The molecule has 0 N–H and O–H groups in total. The first-order valence-electron chi connectivity index (χ1n) is 21.0. The smallest absolute Gasteiger partial charge is 0.238 e. The van der Waals surface area contributed by atoms with Crippen LogP contribution in [0, 0.1) is 0 Å². The largest absolute Gasteiger partial charge is 0.456 e. The molecule has 62 heavy (non-hydrogen) atoms. The van der Waals surface area contributed by atoms with E-state index in [1.165, 1.54) is 0 Å². The number of hydrogen-bond donors (Lipinski definition) is 0. The Hall–Kier alpha value is -8.29. The lowest BCUT2D eigenvalue weighted by molar-refractivity contribution is 0.572. The molecule has 0 unspecified atom stereocenters. The summed E-state index contributed by atoms with van der Waals surface area (Å²) >= 11 is 0. The lowest BCUT2D eigenvalue weighted by Gasteiger charge is -2.13. The molecular weight excluding hydrogens is 765 g/mol. The van der Waals surface area contributed by atoms with Crippen LogP contribution >= 0.6 is 0 Å². The van der Waals surface area contributed by atoms with Crippen molar-refractivity contribution in [2.45, 2.75) is 12.8 Å². The van der Waals surface area contributed by atoms with Gasteiger partial charge < -0.3 is 13.3 Å². The van der Waals surface area contributed by atoms with Crippen molar-refractivity contribution in [1.82, 2.24) is 19.5 Å². The Balaban J connectivity index is 1.09. The molecule has 8 aromatic carbocycles. The Bertz CT molecular complexity index is 4180. The van der Waals surface area contributed by atoms with E-state index in [1.54, 1.807) is 0 Å². The first kappa shape index (κ1) is 33.5. The molecule has 1 aliphatic carbocycles. The number of hydrogen-bond acceptors (Lipinski definition) is 6. The van der Waals surface area contributed by atoms with Crippen LogP contribution in [0.5, 0.6) is 0 Å². The maximum absolute atomic E-state index is 6.44. The van der Waals surface area contributed by atoms with Crippen LogP contribution in [-0.4, -0.2) is 19.5 Å². The Morgan fingerprint density at radius 2 is 1.03 bits per heavy atom. The van der Waals surface area contributed by atoms with Gasteiger partial charge in [0.15, 0.2) is 11.6 Å². The summed E-state index contributed by atoms with van der Waals surface area (Å²) in [6, 6.07) is 54.9. The van der Waals surface area contributed by atoms with E-state index in [4.69, 9.17) is 28.2 Å². The van der Waals surface area contributed by atoms with Gasteiger partial charge >= 0.3 is 0 Å². The van der Waals surface area contributed by atoms with Crippen molar-refractivity contribution in [1.29, 1.82) is 0 Å². The Morgan fingerprint density at radius 1 is 0.419 bits per heavy atom. The molecule has 0 amide bonds. The third kappa shape index (κ3) is 4.84. The number of fused-ring (bicyclic) bond motifs is 13. The molecule has 13 aromatic rings. The Labute approximate surface area is 352 Å². The molecule has 7 nitrogen and oxygen atoms in total. The summed E-state index contributed by atoms with van der Waals surface area (Å²) in [5.41, 5.74) is 10.8. The van der Waals surface area contributed by atoms with Gasteiger partial charge in [-0.3, -0.25) is 4.57 Å². The van der Waals surface area contributed by atoms with E-state index < -0.39 is 0 Å². The molecule has 0 saturated heterocycles. The van der Waals surface area contributed by atoms with E-state index >= 15 is 0 Å². The van der Waals surface area contributed by atoms with Gasteiger partial charge in [-0.25, -0.2) is 4.98 Å². The van der Waals surface area contributed by atoms with Crippen LogP contribution in [-0.2, 0) is 0 Å². The van der Waals surface area contributed by atoms with Gasteiger partial charge in [-0.2, -0.15) is 9.97 Å². The second-order valence-electron chi connectivity index (χ2n) is 16.2. The van der Waals surface area contributed by atoms with Crippen molar-refractivity contribution in [3.63, 3.8) is 0 Å². The summed E-state index contributed by atoms with van der Waals surface area (Å²) in [5, 5.41) is 11.0. The minimum absolute atomic E-state index is 0.502. The minimum Gasteiger partial charge on any atom is -0.456 e. The zero-order chi connectivity index (χ0) is 40.5. The molecule has 5 heterocycles. The van der Waals surface area contributed by atoms with Gasteiger partial charge in [0.25, 0.3) is 0 Å². The average Bonchev–Trinajstić information content (AvgIpc) is 4.09. The Kier molecular flexibility index (Phi) is 6.82. The topological polar surface area (TPSA) is 83.0 Å². The van der Waals surface area contributed by atoms with Gasteiger partial charge in [0.05, 0.1) is 11.0 Å². The van der Waals surface area contributed by atoms with Crippen LogP contribution in [0.3, 0.4) is 0 Å². The summed E-state index contributed by atoms with van der Waals surface area (Å²) in [4.78, 5) is 16.1. The Morgan fingerprint density at radius 3 is 1.87 bits per heavy atom. The predicted octanol–water partition coefficient (Wildman–Crippen LogP) is 13.0. The van der Waals surface area contributed by atoms with Gasteiger partial charge in [-0.1, -0.05) is 109 Å². The zero-order valence-corrected chi connectivity index (χ0v) is 33.1. The quantitative estimate of drug-likeness (QED) is 0.176. The molecule has 0 atom stereocenters. The van der Waals surface area contributed by atoms with E-state index in [0.29, 0.717) is 17.6 Å². The lowest BCUT2D eigenvalue weighted by Crippen LogP contribution is -2.21. The van der Waals surface area contributed by atoms with E-state index in [2.05, 4.69) is 132 Å². The summed E-state index contributed by atoms with van der Waals surface area (Å²) in [6.07, 6.45) is 6.42. The van der Waals surface area contributed by atoms with Crippen LogP contribution in [0.15, 0.2) is 171 Å². The van der Waals surface area contributed by atoms with Crippen LogP contribution in [0.25, 0.3) is 139 Å². The molecule has 0 fully saturated rings. The standard InChI is InChI=1S/C55H32N4O3/c1-2-12-32-28-44-43(27-31(32)11-1)41-18-9-17-40(39-16-10-22-48-51(39)42-15-5-8-21-47(42)60-48)52(41)59(44)55-57-53(33-23-25-37-35-13-3-6-19-45(35)61-49(37)29-33)56-54(58-55)34-24-26-38-36-14-4-7-20-46(36)62-50(38)30-34/h1-3,5-6,8-30H,4,7H2. The van der Waals surface area contributed by atoms with Crippen LogP contribution in [0.1, 0.15) is 12.8 Å². The third-order valence-corrected chi connectivity index (χ3v) is 12.7. The number of aromatic nitrogens is 4. The molecule has 0 saturated carbocycles. The van der Waals surface area contributed by atoms with Gasteiger partial charge in [0.2, 0.25) is 5.95 Å². The van der Waals surface area contributed by atoms with E-state index in [9.17, 15) is 0 Å².